The van der Waals surface area contributed by atoms with Crippen molar-refractivity contribution in [3.63, 3.8) is 0 Å². The van der Waals surface area contributed by atoms with Crippen molar-refractivity contribution in [3.8, 4) is 0 Å². The molecule has 0 N–H and O–H groups in total. The average molecular weight is 229 g/mol. The van der Waals surface area contributed by atoms with Gasteiger partial charge in [-0.05, 0) is 60.4 Å². The van der Waals surface area contributed by atoms with Gasteiger partial charge in [0.1, 0.15) is 0 Å². The van der Waals surface area contributed by atoms with Crippen LogP contribution in [0.15, 0.2) is 12.1 Å². The molecule has 1 aromatic carbocycles. The lowest BCUT2D eigenvalue weighted by molar-refractivity contribution is 0.312. The van der Waals surface area contributed by atoms with Gasteiger partial charge in [0.25, 0.3) is 0 Å². The van der Waals surface area contributed by atoms with Crippen molar-refractivity contribution in [2.75, 3.05) is 13.6 Å². The lowest BCUT2D eigenvalue weighted by atomic mass is 9.87. The molecule has 0 radical (unpaired) electrons. The Morgan fingerprint density at radius 2 is 1.94 bits per heavy atom. The van der Waals surface area contributed by atoms with E-state index in [9.17, 15) is 0 Å². The summed E-state index contributed by atoms with van der Waals surface area (Å²) in [4.78, 5) is 2.43. The third-order valence-electron chi connectivity index (χ3n) is 4.25. The van der Waals surface area contributed by atoms with E-state index in [1.165, 1.54) is 25.8 Å². The second kappa shape index (κ2) is 4.13. The molecule has 0 spiro atoms. The van der Waals surface area contributed by atoms with E-state index < -0.39 is 0 Å². The Bertz CT molecular complexity index is 429. The fourth-order valence-electron chi connectivity index (χ4n) is 3.04. The maximum Gasteiger partial charge on any atom is 0.0233 e. The van der Waals surface area contributed by atoms with Crippen molar-refractivity contribution >= 4 is 0 Å². The van der Waals surface area contributed by atoms with Gasteiger partial charge in [0.2, 0.25) is 0 Å². The Kier molecular flexibility index (Phi) is 2.74. The van der Waals surface area contributed by atoms with Crippen LogP contribution in [-0.4, -0.2) is 18.5 Å². The summed E-state index contributed by atoms with van der Waals surface area (Å²) >= 11 is 0. The summed E-state index contributed by atoms with van der Waals surface area (Å²) in [5, 5.41) is 0. The normalized spacial score (nSPS) is 20.7. The summed E-state index contributed by atoms with van der Waals surface area (Å²) in [6.07, 6.45) is 4.07. The first-order chi connectivity index (χ1) is 8.15. The number of benzene rings is 1. The Morgan fingerprint density at radius 1 is 1.18 bits per heavy atom. The zero-order chi connectivity index (χ0) is 12.0. The van der Waals surface area contributed by atoms with Crippen molar-refractivity contribution in [2.24, 2.45) is 0 Å². The molecule has 0 aromatic heterocycles. The van der Waals surface area contributed by atoms with Crippen LogP contribution >= 0.6 is 0 Å². The molecule has 1 aliphatic heterocycles. The molecule has 1 saturated carbocycles. The van der Waals surface area contributed by atoms with Gasteiger partial charge in [-0.2, -0.15) is 0 Å². The number of hydrogen-bond donors (Lipinski definition) is 0. The van der Waals surface area contributed by atoms with E-state index in [0.717, 1.165) is 12.5 Å². The molecular formula is C16H23N. The Morgan fingerprint density at radius 3 is 2.59 bits per heavy atom. The van der Waals surface area contributed by atoms with Gasteiger partial charge in [-0.15, -0.1) is 0 Å². The van der Waals surface area contributed by atoms with Gasteiger partial charge in [0.05, 0.1) is 0 Å². The Hall–Kier alpha value is -0.820. The molecule has 17 heavy (non-hydrogen) atoms. The highest BCUT2D eigenvalue weighted by Gasteiger charge is 2.28. The van der Waals surface area contributed by atoms with Crippen LogP contribution in [-0.2, 0) is 13.0 Å². The van der Waals surface area contributed by atoms with Crippen LogP contribution in [0.1, 0.15) is 60.8 Å². The van der Waals surface area contributed by atoms with Gasteiger partial charge in [0.15, 0.2) is 0 Å². The molecule has 1 aliphatic carbocycles. The molecule has 3 rings (SSSR count). The highest BCUT2D eigenvalue weighted by atomic mass is 15.1. The number of fused-ring (bicyclic) bond motifs is 1. The van der Waals surface area contributed by atoms with Crippen LogP contribution in [0, 0.1) is 0 Å². The quantitative estimate of drug-likeness (QED) is 0.748. The van der Waals surface area contributed by atoms with Crippen LogP contribution in [0.25, 0.3) is 0 Å². The van der Waals surface area contributed by atoms with Crippen LogP contribution in [0.3, 0.4) is 0 Å². The first-order valence-electron chi connectivity index (χ1n) is 6.99. The first-order valence-corrected chi connectivity index (χ1v) is 6.99. The maximum absolute atomic E-state index is 2.54. The van der Waals surface area contributed by atoms with Gasteiger partial charge in [0, 0.05) is 13.1 Å². The summed E-state index contributed by atoms with van der Waals surface area (Å²) in [5.41, 5.74) is 6.48. The second-order valence-corrected chi connectivity index (χ2v) is 6.17. The molecule has 1 heterocycles. The standard InChI is InChI=1S/C16H23N/c1-11(2)15-9-14-10-17(3)7-6-13(14)8-16(15)12-4-5-12/h8-9,11-12H,4-7,10H2,1-3H3. The molecule has 0 amide bonds. The van der Waals surface area contributed by atoms with E-state index in [-0.39, 0.29) is 0 Å². The van der Waals surface area contributed by atoms with Crippen LogP contribution < -0.4 is 0 Å². The molecule has 0 bridgehead atoms. The summed E-state index contributed by atoms with van der Waals surface area (Å²) in [6, 6.07) is 5.04. The van der Waals surface area contributed by atoms with Gasteiger partial charge in [-0.3, -0.25) is 0 Å². The Labute approximate surface area is 105 Å². The molecule has 0 atom stereocenters. The number of likely N-dealkylation sites (N-methyl/N-ethyl adjacent to an activating group) is 1. The molecule has 1 aromatic rings. The minimum atomic E-state index is 0.670. The topological polar surface area (TPSA) is 3.24 Å². The van der Waals surface area contributed by atoms with E-state index in [4.69, 9.17) is 0 Å². The van der Waals surface area contributed by atoms with E-state index in [1.807, 2.05) is 0 Å². The minimum Gasteiger partial charge on any atom is -0.302 e. The molecule has 92 valence electrons. The molecular weight excluding hydrogens is 206 g/mol. The highest BCUT2D eigenvalue weighted by Crippen LogP contribution is 2.44. The van der Waals surface area contributed by atoms with Gasteiger partial charge >= 0.3 is 0 Å². The first kappa shape index (κ1) is 11.3. The van der Waals surface area contributed by atoms with Gasteiger partial charge < -0.3 is 4.90 Å². The number of rotatable bonds is 2. The fourth-order valence-corrected chi connectivity index (χ4v) is 3.04. The average Bonchev–Trinajstić information content (AvgIpc) is 3.11. The Balaban J connectivity index is 2.04. The molecule has 1 heteroatoms. The lowest BCUT2D eigenvalue weighted by Crippen LogP contribution is -2.27. The molecule has 1 fully saturated rings. The predicted octanol–water partition coefficient (Wildman–Crippen LogP) is 3.68. The van der Waals surface area contributed by atoms with Crippen LogP contribution in [0.2, 0.25) is 0 Å². The van der Waals surface area contributed by atoms with Crippen molar-refractivity contribution in [1.29, 1.82) is 0 Å². The zero-order valence-corrected chi connectivity index (χ0v) is 11.3. The van der Waals surface area contributed by atoms with Crippen LogP contribution in [0.4, 0.5) is 0 Å². The van der Waals surface area contributed by atoms with E-state index in [0.29, 0.717) is 5.92 Å². The zero-order valence-electron chi connectivity index (χ0n) is 11.3. The smallest absolute Gasteiger partial charge is 0.0233 e. The third-order valence-corrected chi connectivity index (χ3v) is 4.25. The van der Waals surface area contributed by atoms with Crippen molar-refractivity contribution in [2.45, 2.75) is 51.5 Å². The lowest BCUT2D eigenvalue weighted by Gasteiger charge is -2.27. The molecule has 2 aliphatic rings. The van der Waals surface area contributed by atoms with E-state index in [1.54, 1.807) is 22.3 Å². The summed E-state index contributed by atoms with van der Waals surface area (Å²) < 4.78 is 0. The summed E-state index contributed by atoms with van der Waals surface area (Å²) in [6.45, 7) is 7.03. The summed E-state index contributed by atoms with van der Waals surface area (Å²) in [5.74, 6) is 1.56. The van der Waals surface area contributed by atoms with E-state index >= 15 is 0 Å². The SMILES string of the molecule is CC(C)c1cc2c(cc1C1CC1)CCN(C)C2. The highest BCUT2D eigenvalue weighted by molar-refractivity contribution is 5.44. The summed E-state index contributed by atoms with van der Waals surface area (Å²) in [7, 11) is 2.23. The van der Waals surface area contributed by atoms with Crippen molar-refractivity contribution in [1.82, 2.24) is 4.90 Å². The molecule has 1 nitrogen and oxygen atoms in total. The third kappa shape index (κ3) is 2.13. The monoisotopic (exact) mass is 229 g/mol. The maximum atomic E-state index is 2.54. The van der Waals surface area contributed by atoms with Crippen LogP contribution in [0.5, 0.6) is 0 Å². The van der Waals surface area contributed by atoms with Gasteiger partial charge in [-0.1, -0.05) is 26.0 Å². The fraction of sp³-hybridized carbons (Fsp3) is 0.625. The minimum absolute atomic E-state index is 0.670. The number of hydrogen-bond acceptors (Lipinski definition) is 1. The molecule has 0 unspecified atom stereocenters. The predicted molar refractivity (Wildman–Crippen MR) is 72.5 cm³/mol. The van der Waals surface area contributed by atoms with Crippen molar-refractivity contribution < 1.29 is 0 Å². The van der Waals surface area contributed by atoms with Gasteiger partial charge in [-0.25, -0.2) is 0 Å². The van der Waals surface area contributed by atoms with E-state index in [2.05, 4.69) is 37.9 Å². The number of nitrogens with zero attached hydrogens (tertiary/aromatic N) is 1. The molecule has 0 saturated heterocycles. The largest absolute Gasteiger partial charge is 0.302 e. The second-order valence-electron chi connectivity index (χ2n) is 6.17. The van der Waals surface area contributed by atoms with Crippen molar-refractivity contribution in [3.05, 3.63) is 34.4 Å².